The molecule has 2 aromatic rings. The van der Waals surface area contributed by atoms with E-state index in [4.69, 9.17) is 15.2 Å². The van der Waals surface area contributed by atoms with E-state index in [0.29, 0.717) is 19.1 Å². The molecule has 0 heterocycles. The van der Waals surface area contributed by atoms with Gasteiger partial charge < -0.3 is 15.2 Å². The molecule has 0 fully saturated rings. The molecule has 0 aliphatic heterocycles. The zero-order chi connectivity index (χ0) is 14.9. The summed E-state index contributed by atoms with van der Waals surface area (Å²) < 4.78 is 11.0. The van der Waals surface area contributed by atoms with E-state index in [1.807, 2.05) is 42.5 Å². The average molecular weight is 285 g/mol. The SMILES string of the molecule is COc1cccc(C(CN)CCCOc2ccccc2)c1. The van der Waals surface area contributed by atoms with E-state index < -0.39 is 0 Å². The normalized spacial score (nSPS) is 11.9. The van der Waals surface area contributed by atoms with Gasteiger partial charge in [0.2, 0.25) is 0 Å². The summed E-state index contributed by atoms with van der Waals surface area (Å²) in [5, 5.41) is 0. The summed E-state index contributed by atoms with van der Waals surface area (Å²) >= 11 is 0. The molecule has 0 bridgehead atoms. The molecule has 0 aromatic heterocycles. The van der Waals surface area contributed by atoms with Gasteiger partial charge >= 0.3 is 0 Å². The summed E-state index contributed by atoms with van der Waals surface area (Å²) in [5.41, 5.74) is 7.14. The molecule has 0 saturated heterocycles. The molecule has 3 nitrogen and oxygen atoms in total. The predicted molar refractivity (Wildman–Crippen MR) is 86.0 cm³/mol. The van der Waals surface area contributed by atoms with Gasteiger partial charge in [-0.3, -0.25) is 0 Å². The lowest BCUT2D eigenvalue weighted by Gasteiger charge is -2.16. The van der Waals surface area contributed by atoms with Crippen LogP contribution in [-0.2, 0) is 0 Å². The molecule has 0 aliphatic carbocycles. The molecule has 2 N–H and O–H groups in total. The van der Waals surface area contributed by atoms with Crippen LogP contribution in [0.4, 0.5) is 0 Å². The van der Waals surface area contributed by atoms with Crippen LogP contribution in [0, 0.1) is 0 Å². The van der Waals surface area contributed by atoms with Crippen LogP contribution < -0.4 is 15.2 Å². The number of ether oxygens (including phenoxy) is 2. The van der Waals surface area contributed by atoms with Crippen molar-refractivity contribution in [1.29, 1.82) is 0 Å². The van der Waals surface area contributed by atoms with Crippen LogP contribution in [0.3, 0.4) is 0 Å². The average Bonchev–Trinajstić information content (AvgIpc) is 2.56. The molecule has 1 atom stereocenters. The fraction of sp³-hybridized carbons (Fsp3) is 0.333. The Morgan fingerprint density at radius 3 is 2.48 bits per heavy atom. The van der Waals surface area contributed by atoms with Gasteiger partial charge in [-0.25, -0.2) is 0 Å². The Balaban J connectivity index is 1.82. The lowest BCUT2D eigenvalue weighted by atomic mass is 9.94. The second kappa shape index (κ2) is 8.32. The van der Waals surface area contributed by atoms with Crippen molar-refractivity contribution in [3.63, 3.8) is 0 Å². The molecule has 0 radical (unpaired) electrons. The van der Waals surface area contributed by atoms with Gasteiger partial charge in [-0.2, -0.15) is 0 Å². The molecule has 0 saturated carbocycles. The molecular weight excluding hydrogens is 262 g/mol. The smallest absolute Gasteiger partial charge is 0.119 e. The van der Waals surface area contributed by atoms with Crippen molar-refractivity contribution in [2.75, 3.05) is 20.3 Å². The molecule has 112 valence electrons. The largest absolute Gasteiger partial charge is 0.497 e. The van der Waals surface area contributed by atoms with Crippen LogP contribution >= 0.6 is 0 Å². The van der Waals surface area contributed by atoms with Gasteiger partial charge in [0.05, 0.1) is 13.7 Å². The van der Waals surface area contributed by atoms with Crippen LogP contribution in [-0.4, -0.2) is 20.3 Å². The van der Waals surface area contributed by atoms with Gasteiger partial charge in [-0.1, -0.05) is 30.3 Å². The Hall–Kier alpha value is -2.00. The minimum atomic E-state index is 0.347. The molecule has 0 amide bonds. The highest BCUT2D eigenvalue weighted by molar-refractivity contribution is 5.31. The van der Waals surface area contributed by atoms with Gasteiger partial charge in [0.15, 0.2) is 0 Å². The van der Waals surface area contributed by atoms with Crippen molar-refractivity contribution in [3.8, 4) is 11.5 Å². The fourth-order valence-electron chi connectivity index (χ4n) is 2.35. The summed E-state index contributed by atoms with van der Waals surface area (Å²) in [6.07, 6.45) is 1.99. The number of hydrogen-bond acceptors (Lipinski definition) is 3. The van der Waals surface area contributed by atoms with Gasteiger partial charge in [-0.05, 0) is 55.1 Å². The molecule has 2 rings (SSSR count). The predicted octanol–water partition coefficient (Wildman–Crippen LogP) is 3.60. The standard InChI is InChI=1S/C18H23NO2/c1-20-18-11-5-7-15(13-18)16(14-19)8-6-12-21-17-9-3-2-4-10-17/h2-5,7,9-11,13,16H,6,8,12,14,19H2,1H3. The minimum Gasteiger partial charge on any atom is -0.497 e. The van der Waals surface area contributed by atoms with Crippen molar-refractivity contribution < 1.29 is 9.47 Å². The van der Waals surface area contributed by atoms with Gasteiger partial charge in [0, 0.05) is 0 Å². The van der Waals surface area contributed by atoms with Crippen LogP contribution in [0.15, 0.2) is 54.6 Å². The molecule has 0 aliphatic rings. The molecule has 2 aromatic carbocycles. The van der Waals surface area contributed by atoms with Gasteiger partial charge in [0.25, 0.3) is 0 Å². The van der Waals surface area contributed by atoms with Crippen molar-refractivity contribution in [3.05, 3.63) is 60.2 Å². The van der Waals surface area contributed by atoms with Gasteiger partial charge in [-0.15, -0.1) is 0 Å². The van der Waals surface area contributed by atoms with Crippen LogP contribution in [0.1, 0.15) is 24.3 Å². The summed E-state index contributed by atoms with van der Waals surface area (Å²) in [5.74, 6) is 2.15. The van der Waals surface area contributed by atoms with E-state index in [1.165, 1.54) is 5.56 Å². The number of nitrogens with two attached hydrogens (primary N) is 1. The maximum absolute atomic E-state index is 5.91. The number of hydrogen-bond donors (Lipinski definition) is 1. The Bertz CT molecular complexity index is 528. The summed E-state index contributed by atoms with van der Waals surface area (Å²) in [6, 6.07) is 18.0. The van der Waals surface area contributed by atoms with Crippen LogP contribution in [0.2, 0.25) is 0 Å². The first kappa shape index (κ1) is 15.4. The Labute approximate surface area is 126 Å². The maximum Gasteiger partial charge on any atom is 0.119 e. The topological polar surface area (TPSA) is 44.5 Å². The highest BCUT2D eigenvalue weighted by atomic mass is 16.5. The van der Waals surface area contributed by atoms with Crippen molar-refractivity contribution in [2.24, 2.45) is 5.73 Å². The number of para-hydroxylation sites is 1. The number of methoxy groups -OCH3 is 1. The van der Waals surface area contributed by atoms with E-state index in [1.54, 1.807) is 7.11 Å². The molecule has 0 spiro atoms. The molecule has 1 unspecified atom stereocenters. The van der Waals surface area contributed by atoms with Crippen LogP contribution in [0.25, 0.3) is 0 Å². The third kappa shape index (κ3) is 4.80. The van der Waals surface area contributed by atoms with Crippen LogP contribution in [0.5, 0.6) is 11.5 Å². The van der Waals surface area contributed by atoms with Crippen molar-refractivity contribution >= 4 is 0 Å². The first-order valence-electron chi connectivity index (χ1n) is 7.35. The molecular formula is C18H23NO2. The molecule has 3 heteroatoms. The zero-order valence-corrected chi connectivity index (χ0v) is 12.5. The number of benzene rings is 2. The second-order valence-electron chi connectivity index (χ2n) is 5.01. The fourth-order valence-corrected chi connectivity index (χ4v) is 2.35. The first-order valence-corrected chi connectivity index (χ1v) is 7.35. The molecule has 21 heavy (non-hydrogen) atoms. The quantitative estimate of drug-likeness (QED) is 0.754. The van der Waals surface area contributed by atoms with E-state index in [2.05, 4.69) is 12.1 Å². The monoisotopic (exact) mass is 285 g/mol. The Morgan fingerprint density at radius 1 is 1.00 bits per heavy atom. The third-order valence-corrected chi connectivity index (χ3v) is 3.56. The minimum absolute atomic E-state index is 0.347. The van der Waals surface area contributed by atoms with E-state index in [-0.39, 0.29) is 0 Å². The van der Waals surface area contributed by atoms with Crippen molar-refractivity contribution in [1.82, 2.24) is 0 Å². The maximum atomic E-state index is 5.91. The highest BCUT2D eigenvalue weighted by Gasteiger charge is 2.10. The van der Waals surface area contributed by atoms with E-state index in [0.717, 1.165) is 24.3 Å². The Kier molecular flexibility index (Phi) is 6.10. The summed E-state index contributed by atoms with van der Waals surface area (Å²) in [4.78, 5) is 0. The van der Waals surface area contributed by atoms with E-state index in [9.17, 15) is 0 Å². The third-order valence-electron chi connectivity index (χ3n) is 3.56. The van der Waals surface area contributed by atoms with E-state index >= 15 is 0 Å². The Morgan fingerprint density at radius 2 is 1.76 bits per heavy atom. The summed E-state index contributed by atoms with van der Waals surface area (Å²) in [7, 11) is 1.68. The van der Waals surface area contributed by atoms with Crippen molar-refractivity contribution in [2.45, 2.75) is 18.8 Å². The lowest BCUT2D eigenvalue weighted by Crippen LogP contribution is -2.13. The first-order chi connectivity index (χ1) is 10.3. The number of rotatable bonds is 8. The zero-order valence-electron chi connectivity index (χ0n) is 12.5. The highest BCUT2D eigenvalue weighted by Crippen LogP contribution is 2.24. The van der Waals surface area contributed by atoms with Gasteiger partial charge in [0.1, 0.15) is 11.5 Å². The lowest BCUT2D eigenvalue weighted by molar-refractivity contribution is 0.301. The summed E-state index contributed by atoms with van der Waals surface area (Å²) in [6.45, 7) is 1.35. The second-order valence-corrected chi connectivity index (χ2v) is 5.01.